The molecule has 0 amide bonds. The average Bonchev–Trinajstić information content (AvgIpc) is 2.08. The van der Waals surface area contributed by atoms with Crippen LogP contribution in [0, 0.1) is 0 Å². The molecule has 12 heavy (non-hydrogen) atoms. The summed E-state index contributed by atoms with van der Waals surface area (Å²) in [4.78, 5) is 4.90. The molecule has 0 fully saturated rings. The Kier molecular flexibility index (Phi) is 3.69. The molecule has 1 rings (SSSR count). The molecule has 1 aromatic rings. The number of halogens is 1. The fraction of sp³-hybridized carbons (Fsp3) is 0.375. The fourth-order valence-corrected chi connectivity index (χ4v) is 1.85. The number of nitrogen functional groups attached to an aromatic ring is 1. The summed E-state index contributed by atoms with van der Waals surface area (Å²) in [5, 5.41) is 0.580. The Morgan fingerprint density at radius 2 is 2.42 bits per heavy atom. The molecule has 0 saturated heterocycles. The van der Waals surface area contributed by atoms with E-state index in [9.17, 15) is 0 Å². The van der Waals surface area contributed by atoms with E-state index in [2.05, 4.69) is 11.9 Å². The van der Waals surface area contributed by atoms with Gasteiger partial charge in [0.2, 0.25) is 0 Å². The van der Waals surface area contributed by atoms with Gasteiger partial charge in [0.1, 0.15) is 5.82 Å². The fourth-order valence-electron chi connectivity index (χ4n) is 0.765. The first kappa shape index (κ1) is 9.68. The van der Waals surface area contributed by atoms with Gasteiger partial charge in [-0.1, -0.05) is 18.5 Å². The molecule has 2 N–H and O–H groups in total. The second kappa shape index (κ2) is 4.58. The first-order chi connectivity index (χ1) is 5.75. The summed E-state index contributed by atoms with van der Waals surface area (Å²) in [6.07, 6.45) is 2.81. The molecule has 0 bridgehead atoms. The van der Waals surface area contributed by atoms with Gasteiger partial charge in [0.15, 0.2) is 0 Å². The number of aromatic nitrogens is 1. The minimum atomic E-state index is 0.415. The zero-order chi connectivity index (χ0) is 8.97. The zero-order valence-corrected chi connectivity index (χ0v) is 8.45. The van der Waals surface area contributed by atoms with Gasteiger partial charge in [0.25, 0.3) is 0 Å². The van der Waals surface area contributed by atoms with Crippen LogP contribution < -0.4 is 5.73 Å². The van der Waals surface area contributed by atoms with Gasteiger partial charge in [0.05, 0.1) is 5.02 Å². The van der Waals surface area contributed by atoms with Crippen molar-refractivity contribution in [2.45, 2.75) is 18.2 Å². The van der Waals surface area contributed by atoms with E-state index in [4.69, 9.17) is 17.3 Å². The molecule has 0 spiro atoms. The highest BCUT2D eigenvalue weighted by molar-refractivity contribution is 7.99. The van der Waals surface area contributed by atoms with Gasteiger partial charge in [-0.15, -0.1) is 11.8 Å². The Bertz CT molecular complexity index is 265. The van der Waals surface area contributed by atoms with Crippen LogP contribution in [-0.4, -0.2) is 10.7 Å². The van der Waals surface area contributed by atoms with E-state index >= 15 is 0 Å². The zero-order valence-electron chi connectivity index (χ0n) is 6.88. The second-order valence-corrected chi connectivity index (χ2v) is 3.87. The summed E-state index contributed by atoms with van der Waals surface area (Å²) >= 11 is 7.63. The number of hydrogen-bond donors (Lipinski definition) is 1. The minimum Gasteiger partial charge on any atom is -0.382 e. The summed E-state index contributed by atoms with van der Waals surface area (Å²) in [5.41, 5.74) is 5.54. The number of hydrogen-bond acceptors (Lipinski definition) is 3. The highest BCUT2D eigenvalue weighted by atomic mass is 35.5. The number of anilines is 1. The van der Waals surface area contributed by atoms with Crippen LogP contribution in [0.25, 0.3) is 0 Å². The van der Waals surface area contributed by atoms with Crippen LogP contribution in [0.5, 0.6) is 0 Å². The molecule has 0 radical (unpaired) electrons. The normalized spacial score (nSPS) is 10.2. The molecule has 0 unspecified atom stereocenters. The molecule has 4 heteroatoms. The molecule has 0 saturated carbocycles. The Labute approximate surface area is 81.5 Å². The first-order valence-electron chi connectivity index (χ1n) is 3.78. The maximum absolute atomic E-state index is 5.92. The van der Waals surface area contributed by atoms with Crippen molar-refractivity contribution < 1.29 is 0 Å². The summed E-state index contributed by atoms with van der Waals surface area (Å²) in [6.45, 7) is 2.13. The van der Waals surface area contributed by atoms with Crippen molar-refractivity contribution in [1.29, 1.82) is 0 Å². The predicted octanol–water partition coefficient (Wildman–Crippen LogP) is 2.82. The highest BCUT2D eigenvalue weighted by Crippen LogP contribution is 2.30. The molecule has 0 aromatic carbocycles. The van der Waals surface area contributed by atoms with Crippen molar-refractivity contribution in [2.24, 2.45) is 0 Å². The lowest BCUT2D eigenvalue weighted by molar-refractivity contribution is 1.10. The molecule has 0 aliphatic carbocycles. The molecule has 66 valence electrons. The Morgan fingerprint density at radius 1 is 1.67 bits per heavy atom. The van der Waals surface area contributed by atoms with Crippen LogP contribution in [0.2, 0.25) is 5.02 Å². The third-order valence-corrected chi connectivity index (χ3v) is 3.12. The van der Waals surface area contributed by atoms with Crippen molar-refractivity contribution in [1.82, 2.24) is 4.98 Å². The topological polar surface area (TPSA) is 38.9 Å². The summed E-state index contributed by atoms with van der Waals surface area (Å²) in [7, 11) is 0. The van der Waals surface area contributed by atoms with Gasteiger partial charge in [0, 0.05) is 11.1 Å². The number of pyridine rings is 1. The van der Waals surface area contributed by atoms with Gasteiger partial charge in [-0.3, -0.25) is 0 Å². The van der Waals surface area contributed by atoms with Crippen molar-refractivity contribution in [2.75, 3.05) is 11.5 Å². The van der Waals surface area contributed by atoms with E-state index in [1.54, 1.807) is 18.0 Å². The van der Waals surface area contributed by atoms with Crippen LogP contribution >= 0.6 is 23.4 Å². The van der Waals surface area contributed by atoms with Crippen LogP contribution in [-0.2, 0) is 0 Å². The molecular weight excluding hydrogens is 192 g/mol. The van der Waals surface area contributed by atoms with Gasteiger partial charge in [-0.2, -0.15) is 0 Å². The largest absolute Gasteiger partial charge is 0.382 e. The standard InChI is InChI=1S/C8H11ClN2S/c1-2-5-12-6-3-4-11-8(10)7(6)9/h3-4H,2,5H2,1H3,(H2,10,11). The smallest absolute Gasteiger partial charge is 0.143 e. The number of thioether (sulfide) groups is 1. The van der Waals surface area contributed by atoms with Gasteiger partial charge in [-0.25, -0.2) is 4.98 Å². The van der Waals surface area contributed by atoms with E-state index < -0.39 is 0 Å². The summed E-state index contributed by atoms with van der Waals surface area (Å²) < 4.78 is 0. The molecule has 1 heterocycles. The predicted molar refractivity (Wildman–Crippen MR) is 54.7 cm³/mol. The quantitative estimate of drug-likeness (QED) is 0.767. The Morgan fingerprint density at radius 3 is 3.08 bits per heavy atom. The van der Waals surface area contributed by atoms with Gasteiger partial charge in [-0.05, 0) is 18.2 Å². The van der Waals surface area contributed by atoms with E-state index in [1.165, 1.54) is 0 Å². The number of nitrogens with zero attached hydrogens (tertiary/aromatic N) is 1. The van der Waals surface area contributed by atoms with Crippen molar-refractivity contribution in [3.63, 3.8) is 0 Å². The first-order valence-corrected chi connectivity index (χ1v) is 5.14. The van der Waals surface area contributed by atoms with E-state index in [0.717, 1.165) is 17.1 Å². The van der Waals surface area contributed by atoms with E-state index in [1.807, 2.05) is 6.07 Å². The van der Waals surface area contributed by atoms with Crippen molar-refractivity contribution in [3.05, 3.63) is 17.3 Å². The third kappa shape index (κ3) is 2.29. The number of rotatable bonds is 3. The summed E-state index contributed by atoms with van der Waals surface area (Å²) in [5.74, 6) is 1.47. The maximum atomic E-state index is 5.92. The molecule has 1 aromatic heterocycles. The van der Waals surface area contributed by atoms with Crippen LogP contribution in [0.3, 0.4) is 0 Å². The van der Waals surface area contributed by atoms with Crippen LogP contribution in [0.4, 0.5) is 5.82 Å². The lowest BCUT2D eigenvalue weighted by Gasteiger charge is -2.03. The highest BCUT2D eigenvalue weighted by Gasteiger charge is 2.03. The van der Waals surface area contributed by atoms with Gasteiger partial charge < -0.3 is 5.73 Å². The molecule has 0 aliphatic heterocycles. The third-order valence-electron chi connectivity index (χ3n) is 1.34. The monoisotopic (exact) mass is 202 g/mol. The molecular formula is C8H11ClN2S. The van der Waals surface area contributed by atoms with Crippen molar-refractivity contribution in [3.8, 4) is 0 Å². The lowest BCUT2D eigenvalue weighted by Crippen LogP contribution is -1.91. The molecule has 0 atom stereocenters. The lowest BCUT2D eigenvalue weighted by atomic mass is 10.5. The van der Waals surface area contributed by atoms with E-state index in [0.29, 0.717) is 10.8 Å². The van der Waals surface area contributed by atoms with Crippen LogP contribution in [0.1, 0.15) is 13.3 Å². The Balaban J connectivity index is 2.78. The summed E-state index contributed by atoms with van der Waals surface area (Å²) in [6, 6.07) is 1.89. The minimum absolute atomic E-state index is 0.415. The molecule has 0 aliphatic rings. The maximum Gasteiger partial charge on any atom is 0.143 e. The molecule has 2 nitrogen and oxygen atoms in total. The second-order valence-electron chi connectivity index (χ2n) is 2.36. The van der Waals surface area contributed by atoms with Crippen LogP contribution in [0.15, 0.2) is 17.2 Å². The average molecular weight is 203 g/mol. The van der Waals surface area contributed by atoms with Crippen molar-refractivity contribution >= 4 is 29.2 Å². The van der Waals surface area contributed by atoms with E-state index in [-0.39, 0.29) is 0 Å². The SMILES string of the molecule is CCCSc1ccnc(N)c1Cl. The van der Waals surface area contributed by atoms with Gasteiger partial charge >= 0.3 is 0 Å². The Hall–Kier alpha value is -0.410. The number of nitrogens with two attached hydrogens (primary N) is 1.